The lowest BCUT2D eigenvalue weighted by atomic mass is 10.2. The monoisotopic (exact) mass is 411 g/mol. The fraction of sp³-hybridized carbons (Fsp3) is 0.176. The molecule has 29 heavy (non-hydrogen) atoms. The van der Waals surface area contributed by atoms with E-state index < -0.39 is 11.5 Å². The number of ether oxygens (including phenoxy) is 2. The molecule has 4 aromatic rings. The second-order valence-corrected chi connectivity index (χ2v) is 6.81. The van der Waals surface area contributed by atoms with Gasteiger partial charge in [-0.3, -0.25) is 15.0 Å². The number of hydrogen-bond acceptors (Lipinski definition) is 9. The van der Waals surface area contributed by atoms with Gasteiger partial charge in [-0.05, 0) is 30.5 Å². The van der Waals surface area contributed by atoms with Crippen molar-refractivity contribution in [1.29, 1.82) is 0 Å². The van der Waals surface area contributed by atoms with Gasteiger partial charge in [-0.15, -0.1) is 15.3 Å². The smallest absolute Gasteiger partial charge is 0.299 e. The summed E-state index contributed by atoms with van der Waals surface area (Å²) in [6.45, 7) is 0.874. The first kappa shape index (κ1) is 17.4. The van der Waals surface area contributed by atoms with Gasteiger partial charge in [-0.25, -0.2) is 4.68 Å². The number of pyridine rings is 1. The Morgan fingerprint density at radius 3 is 2.83 bits per heavy atom. The molecular weight excluding hydrogens is 398 g/mol. The lowest BCUT2D eigenvalue weighted by Crippen LogP contribution is -2.33. The molecule has 1 aliphatic heterocycles. The van der Waals surface area contributed by atoms with Crippen molar-refractivity contribution >= 4 is 34.5 Å². The van der Waals surface area contributed by atoms with Crippen LogP contribution >= 0.6 is 11.8 Å². The van der Waals surface area contributed by atoms with E-state index in [4.69, 9.17) is 9.47 Å². The van der Waals surface area contributed by atoms with E-state index in [0.717, 1.165) is 4.68 Å². The first-order valence-electron chi connectivity index (χ1n) is 8.54. The molecule has 0 radical (unpaired) electrons. The number of hydrogen-bond donors (Lipinski definition) is 1. The van der Waals surface area contributed by atoms with Crippen LogP contribution in [-0.4, -0.2) is 54.8 Å². The van der Waals surface area contributed by atoms with Gasteiger partial charge in [0, 0.05) is 11.8 Å². The summed E-state index contributed by atoms with van der Waals surface area (Å²) in [4.78, 5) is 29.6. The highest BCUT2D eigenvalue weighted by Crippen LogP contribution is 2.30. The Hall–Kier alpha value is -3.67. The molecule has 0 aliphatic carbocycles. The van der Waals surface area contributed by atoms with E-state index in [1.54, 1.807) is 24.3 Å². The quantitative estimate of drug-likeness (QED) is 0.485. The van der Waals surface area contributed by atoms with E-state index in [1.165, 1.54) is 22.5 Å². The molecular formula is C17H13N7O4S. The molecule has 4 heterocycles. The van der Waals surface area contributed by atoms with E-state index in [0.29, 0.717) is 46.7 Å². The molecule has 1 N–H and O–H groups in total. The van der Waals surface area contributed by atoms with Gasteiger partial charge in [-0.1, -0.05) is 11.8 Å². The van der Waals surface area contributed by atoms with E-state index in [-0.39, 0.29) is 5.52 Å². The van der Waals surface area contributed by atoms with Crippen molar-refractivity contribution < 1.29 is 14.3 Å². The number of thioether (sulfide) groups is 1. The summed E-state index contributed by atoms with van der Waals surface area (Å²) in [5, 5.41) is 12.7. The van der Waals surface area contributed by atoms with Gasteiger partial charge < -0.3 is 9.47 Å². The van der Waals surface area contributed by atoms with Crippen molar-refractivity contribution in [1.82, 2.24) is 29.5 Å². The van der Waals surface area contributed by atoms with Gasteiger partial charge in [-0.2, -0.15) is 9.50 Å². The Kier molecular flexibility index (Phi) is 4.05. The summed E-state index contributed by atoms with van der Waals surface area (Å²) in [6.07, 6.45) is 3.27. The molecule has 0 bridgehead atoms. The number of rotatable bonds is 3. The van der Waals surface area contributed by atoms with Crippen molar-refractivity contribution in [3.8, 4) is 11.5 Å². The summed E-state index contributed by atoms with van der Waals surface area (Å²) in [6, 6.07) is 6.43. The van der Waals surface area contributed by atoms with Gasteiger partial charge in [0.15, 0.2) is 17.0 Å². The second-order valence-electron chi connectivity index (χ2n) is 6.03. The summed E-state index contributed by atoms with van der Waals surface area (Å²) < 4.78 is 13.4. The van der Waals surface area contributed by atoms with Crippen LogP contribution in [0.25, 0.3) is 16.8 Å². The molecule has 11 nitrogen and oxygen atoms in total. The first-order valence-corrected chi connectivity index (χ1v) is 9.76. The molecule has 3 aromatic heterocycles. The minimum Gasteiger partial charge on any atom is -0.486 e. The molecule has 0 spiro atoms. The van der Waals surface area contributed by atoms with Gasteiger partial charge in [0.05, 0.1) is 0 Å². The molecule has 5 rings (SSSR count). The van der Waals surface area contributed by atoms with Crippen LogP contribution in [0.1, 0.15) is 10.4 Å². The molecule has 1 amide bonds. The van der Waals surface area contributed by atoms with Crippen molar-refractivity contribution in [3.05, 3.63) is 46.4 Å². The number of carbonyl (C=O) groups is 1. The summed E-state index contributed by atoms with van der Waals surface area (Å²) in [5.74, 6) is 0.869. The maximum Gasteiger partial charge on any atom is 0.299 e. The number of benzene rings is 1. The highest BCUT2D eigenvalue weighted by molar-refractivity contribution is 7.98. The van der Waals surface area contributed by atoms with Crippen LogP contribution in [0, 0.1) is 0 Å². The molecule has 1 aromatic carbocycles. The highest BCUT2D eigenvalue weighted by Gasteiger charge is 2.17. The molecule has 0 saturated carbocycles. The lowest BCUT2D eigenvalue weighted by molar-refractivity contribution is 0.101. The molecule has 0 atom stereocenters. The van der Waals surface area contributed by atoms with Crippen LogP contribution in [0.2, 0.25) is 0 Å². The number of carbonyl (C=O) groups excluding carboxylic acids is 1. The van der Waals surface area contributed by atoms with Crippen LogP contribution in [-0.2, 0) is 0 Å². The van der Waals surface area contributed by atoms with Crippen molar-refractivity contribution in [2.24, 2.45) is 0 Å². The van der Waals surface area contributed by atoms with Crippen molar-refractivity contribution in [3.63, 3.8) is 0 Å². The number of nitrogens with zero attached hydrogens (tertiary/aromatic N) is 6. The van der Waals surface area contributed by atoms with Crippen molar-refractivity contribution in [2.45, 2.75) is 5.16 Å². The number of nitrogens with one attached hydrogen (secondary N) is 1. The summed E-state index contributed by atoms with van der Waals surface area (Å²) in [7, 11) is 0. The third-order valence-electron chi connectivity index (χ3n) is 4.29. The Morgan fingerprint density at radius 1 is 1.17 bits per heavy atom. The van der Waals surface area contributed by atoms with Gasteiger partial charge in [0.25, 0.3) is 17.2 Å². The molecule has 12 heteroatoms. The predicted molar refractivity (Wildman–Crippen MR) is 103 cm³/mol. The Morgan fingerprint density at radius 2 is 2.00 bits per heavy atom. The third-order valence-corrected chi connectivity index (χ3v) is 4.83. The second kappa shape index (κ2) is 6.74. The average Bonchev–Trinajstić information content (AvgIpc) is 3.19. The number of aromatic nitrogens is 6. The normalized spacial score (nSPS) is 13.0. The minimum atomic E-state index is -0.538. The highest BCUT2D eigenvalue weighted by atomic mass is 32.2. The topological polar surface area (TPSA) is 126 Å². The Bertz CT molecular complexity index is 1330. The zero-order chi connectivity index (χ0) is 20.0. The summed E-state index contributed by atoms with van der Waals surface area (Å²) >= 11 is 1.36. The Labute approximate surface area is 166 Å². The molecule has 146 valence electrons. The minimum absolute atomic E-state index is 0.0556. The van der Waals surface area contributed by atoms with Gasteiger partial charge in [0.1, 0.15) is 18.7 Å². The molecule has 0 saturated heterocycles. The maximum atomic E-state index is 12.8. The maximum absolute atomic E-state index is 12.8. The zero-order valence-electron chi connectivity index (χ0n) is 15.0. The van der Waals surface area contributed by atoms with Crippen LogP contribution in [0.3, 0.4) is 0 Å². The lowest BCUT2D eigenvalue weighted by Gasteiger charge is -2.18. The number of fused-ring (bicyclic) bond motifs is 4. The largest absolute Gasteiger partial charge is 0.486 e. The predicted octanol–water partition coefficient (Wildman–Crippen LogP) is 0.711. The standard InChI is InChI=1S/C17H13N7O4S/c1-29-17-18-16-20-19-13-10(24(16)22-17)4-5-23(15(13)26)21-14(25)9-2-3-11-12(8-9)28-7-6-27-11/h2-5,8H,6-7H2,1H3,(H,21,25). The SMILES string of the molecule is CSc1nc2nnc3c(=O)n(NC(=O)c4ccc5c(c4)OCCO5)ccc3n2n1. The van der Waals surface area contributed by atoms with Gasteiger partial charge >= 0.3 is 0 Å². The van der Waals surface area contributed by atoms with Crippen LogP contribution in [0.15, 0.2) is 40.4 Å². The van der Waals surface area contributed by atoms with Crippen LogP contribution in [0.4, 0.5) is 0 Å². The van der Waals surface area contributed by atoms with Crippen LogP contribution < -0.4 is 20.5 Å². The first-order chi connectivity index (χ1) is 14.1. The van der Waals surface area contributed by atoms with E-state index in [9.17, 15) is 9.59 Å². The van der Waals surface area contributed by atoms with E-state index >= 15 is 0 Å². The van der Waals surface area contributed by atoms with Gasteiger partial charge in [0.2, 0.25) is 5.16 Å². The van der Waals surface area contributed by atoms with Crippen molar-refractivity contribution in [2.75, 3.05) is 24.9 Å². The van der Waals surface area contributed by atoms with E-state index in [1.807, 2.05) is 6.26 Å². The molecule has 0 unspecified atom stereocenters. The Balaban J connectivity index is 1.50. The fourth-order valence-electron chi connectivity index (χ4n) is 2.92. The average molecular weight is 411 g/mol. The molecule has 1 aliphatic rings. The fourth-order valence-corrected chi connectivity index (χ4v) is 3.26. The number of amides is 1. The third kappa shape index (κ3) is 2.93. The van der Waals surface area contributed by atoms with Crippen LogP contribution in [0.5, 0.6) is 11.5 Å². The van der Waals surface area contributed by atoms with E-state index in [2.05, 4.69) is 25.7 Å². The zero-order valence-corrected chi connectivity index (χ0v) is 15.8. The molecule has 0 fully saturated rings. The summed E-state index contributed by atoms with van der Waals surface area (Å²) in [5.41, 5.74) is 2.82.